The van der Waals surface area contributed by atoms with Crippen molar-refractivity contribution in [3.05, 3.63) is 35.9 Å². The Bertz CT molecular complexity index is 436. The highest BCUT2D eigenvalue weighted by Gasteiger charge is 2.28. The van der Waals surface area contributed by atoms with Crippen LogP contribution in [0.3, 0.4) is 0 Å². The third-order valence-corrected chi connectivity index (χ3v) is 3.99. The van der Waals surface area contributed by atoms with Gasteiger partial charge in [-0.25, -0.2) is 0 Å². The zero-order chi connectivity index (χ0) is 15.1. The first-order valence-electron chi connectivity index (χ1n) is 7.75. The SMILES string of the molecule is CNCC(C)C(=O)N1CCC(COCc2ccccc2)C1. The molecule has 0 spiro atoms. The topological polar surface area (TPSA) is 41.6 Å². The number of nitrogens with one attached hydrogen (secondary N) is 1. The van der Waals surface area contributed by atoms with E-state index in [-0.39, 0.29) is 11.8 Å². The predicted molar refractivity (Wildman–Crippen MR) is 83.9 cm³/mol. The smallest absolute Gasteiger partial charge is 0.226 e. The normalized spacial score (nSPS) is 19.7. The number of rotatable bonds is 7. The van der Waals surface area contributed by atoms with Gasteiger partial charge in [0.1, 0.15) is 0 Å². The van der Waals surface area contributed by atoms with Gasteiger partial charge in [0.2, 0.25) is 5.91 Å². The summed E-state index contributed by atoms with van der Waals surface area (Å²) >= 11 is 0. The lowest BCUT2D eigenvalue weighted by molar-refractivity contribution is -0.133. The highest BCUT2D eigenvalue weighted by Crippen LogP contribution is 2.19. The highest BCUT2D eigenvalue weighted by atomic mass is 16.5. The first-order chi connectivity index (χ1) is 10.2. The van der Waals surface area contributed by atoms with Crippen LogP contribution in [0.5, 0.6) is 0 Å². The maximum Gasteiger partial charge on any atom is 0.226 e. The van der Waals surface area contributed by atoms with Crippen LogP contribution in [0.2, 0.25) is 0 Å². The molecule has 1 fully saturated rings. The number of likely N-dealkylation sites (tertiary alicyclic amines) is 1. The molecule has 1 heterocycles. The fourth-order valence-corrected chi connectivity index (χ4v) is 2.79. The maximum atomic E-state index is 12.2. The van der Waals surface area contributed by atoms with Crippen molar-refractivity contribution in [3.8, 4) is 0 Å². The molecule has 2 unspecified atom stereocenters. The predicted octanol–water partition coefficient (Wildman–Crippen LogP) is 1.91. The van der Waals surface area contributed by atoms with E-state index >= 15 is 0 Å². The van der Waals surface area contributed by atoms with Gasteiger partial charge < -0.3 is 15.0 Å². The van der Waals surface area contributed by atoms with Crippen LogP contribution in [0.25, 0.3) is 0 Å². The van der Waals surface area contributed by atoms with Gasteiger partial charge in [-0.05, 0) is 19.0 Å². The molecule has 1 N–H and O–H groups in total. The monoisotopic (exact) mass is 290 g/mol. The second-order valence-electron chi connectivity index (χ2n) is 5.90. The fourth-order valence-electron chi connectivity index (χ4n) is 2.79. The van der Waals surface area contributed by atoms with Gasteiger partial charge in [0.05, 0.1) is 13.2 Å². The van der Waals surface area contributed by atoms with Gasteiger partial charge in [-0.1, -0.05) is 37.3 Å². The lowest BCUT2D eigenvalue weighted by Gasteiger charge is -2.21. The summed E-state index contributed by atoms with van der Waals surface area (Å²) in [4.78, 5) is 14.2. The van der Waals surface area contributed by atoms with E-state index in [1.54, 1.807) is 0 Å². The molecule has 2 atom stereocenters. The van der Waals surface area contributed by atoms with Crippen LogP contribution >= 0.6 is 0 Å². The Morgan fingerprint density at radius 2 is 2.19 bits per heavy atom. The molecule has 1 amide bonds. The van der Waals surface area contributed by atoms with Crippen LogP contribution < -0.4 is 5.32 Å². The zero-order valence-electron chi connectivity index (χ0n) is 13.0. The second-order valence-corrected chi connectivity index (χ2v) is 5.90. The van der Waals surface area contributed by atoms with Crippen LogP contribution in [-0.4, -0.2) is 44.1 Å². The molecule has 21 heavy (non-hydrogen) atoms. The van der Waals surface area contributed by atoms with Crippen molar-refractivity contribution < 1.29 is 9.53 Å². The lowest BCUT2D eigenvalue weighted by atomic mass is 10.1. The quantitative estimate of drug-likeness (QED) is 0.834. The second kappa shape index (κ2) is 8.15. The first-order valence-corrected chi connectivity index (χ1v) is 7.75. The van der Waals surface area contributed by atoms with Crippen LogP contribution in [0.4, 0.5) is 0 Å². The van der Waals surface area contributed by atoms with Gasteiger partial charge in [0, 0.05) is 31.5 Å². The largest absolute Gasteiger partial charge is 0.376 e. The van der Waals surface area contributed by atoms with Crippen molar-refractivity contribution in [2.24, 2.45) is 11.8 Å². The van der Waals surface area contributed by atoms with Crippen molar-refractivity contribution in [1.29, 1.82) is 0 Å². The number of ether oxygens (including phenoxy) is 1. The van der Waals surface area contributed by atoms with Crippen LogP contribution in [0.1, 0.15) is 18.9 Å². The number of benzene rings is 1. The van der Waals surface area contributed by atoms with E-state index in [9.17, 15) is 4.79 Å². The van der Waals surface area contributed by atoms with Gasteiger partial charge in [0.25, 0.3) is 0 Å². The number of carbonyl (C=O) groups is 1. The van der Waals surface area contributed by atoms with E-state index < -0.39 is 0 Å². The summed E-state index contributed by atoms with van der Waals surface area (Å²) in [5, 5.41) is 3.06. The Balaban J connectivity index is 1.69. The summed E-state index contributed by atoms with van der Waals surface area (Å²) in [5.74, 6) is 0.786. The number of hydrogen-bond donors (Lipinski definition) is 1. The van der Waals surface area contributed by atoms with Gasteiger partial charge in [0.15, 0.2) is 0 Å². The van der Waals surface area contributed by atoms with Crippen molar-refractivity contribution >= 4 is 5.91 Å². The number of carbonyl (C=O) groups excluding carboxylic acids is 1. The molecule has 0 aliphatic carbocycles. The fraction of sp³-hybridized carbons (Fsp3) is 0.588. The Kier molecular flexibility index (Phi) is 6.21. The number of hydrogen-bond acceptors (Lipinski definition) is 3. The van der Waals surface area contributed by atoms with E-state index in [1.807, 2.05) is 37.1 Å². The lowest BCUT2D eigenvalue weighted by Crippen LogP contribution is -2.37. The molecule has 1 aromatic rings. The Hall–Kier alpha value is -1.39. The minimum Gasteiger partial charge on any atom is -0.376 e. The Morgan fingerprint density at radius 3 is 2.90 bits per heavy atom. The molecule has 1 saturated heterocycles. The molecule has 4 nitrogen and oxygen atoms in total. The summed E-state index contributed by atoms with van der Waals surface area (Å²) < 4.78 is 5.79. The van der Waals surface area contributed by atoms with Gasteiger partial charge in [-0.15, -0.1) is 0 Å². The van der Waals surface area contributed by atoms with Crippen molar-refractivity contribution in [1.82, 2.24) is 10.2 Å². The summed E-state index contributed by atoms with van der Waals surface area (Å²) in [5.41, 5.74) is 1.20. The summed E-state index contributed by atoms with van der Waals surface area (Å²) in [7, 11) is 1.88. The van der Waals surface area contributed by atoms with E-state index in [0.717, 1.165) is 32.7 Å². The molecule has 4 heteroatoms. The van der Waals surface area contributed by atoms with Crippen LogP contribution in [0.15, 0.2) is 30.3 Å². The number of amides is 1. The minimum atomic E-state index is 0.0546. The average Bonchev–Trinajstić information content (AvgIpc) is 2.96. The average molecular weight is 290 g/mol. The molecule has 1 aromatic carbocycles. The third-order valence-electron chi connectivity index (χ3n) is 3.99. The first kappa shape index (κ1) is 16.0. The maximum absolute atomic E-state index is 12.2. The van der Waals surface area contributed by atoms with E-state index in [1.165, 1.54) is 5.56 Å². The van der Waals surface area contributed by atoms with Crippen molar-refractivity contribution in [2.45, 2.75) is 20.0 Å². The molecule has 0 bridgehead atoms. The molecule has 0 saturated carbocycles. The summed E-state index contributed by atoms with van der Waals surface area (Å²) in [6, 6.07) is 10.2. The molecule has 2 rings (SSSR count). The Morgan fingerprint density at radius 1 is 1.43 bits per heavy atom. The molecular formula is C17H26N2O2. The molecule has 1 aliphatic heterocycles. The minimum absolute atomic E-state index is 0.0546. The van der Waals surface area contributed by atoms with Gasteiger partial charge >= 0.3 is 0 Å². The molecule has 1 aliphatic rings. The Labute approximate surface area is 127 Å². The van der Waals surface area contributed by atoms with Crippen molar-refractivity contribution in [3.63, 3.8) is 0 Å². The van der Waals surface area contributed by atoms with E-state index in [4.69, 9.17) is 4.74 Å². The molecule has 116 valence electrons. The van der Waals surface area contributed by atoms with Gasteiger partial charge in [-0.2, -0.15) is 0 Å². The molecule has 0 radical (unpaired) electrons. The van der Waals surface area contributed by atoms with Crippen molar-refractivity contribution in [2.75, 3.05) is 33.3 Å². The third kappa shape index (κ3) is 4.83. The van der Waals surface area contributed by atoms with Crippen LogP contribution in [-0.2, 0) is 16.1 Å². The van der Waals surface area contributed by atoms with E-state index in [2.05, 4.69) is 17.4 Å². The standard InChI is InChI=1S/C17H26N2O2/c1-14(10-18-2)17(20)19-9-8-16(11-19)13-21-12-15-6-4-3-5-7-15/h3-7,14,16,18H,8-13H2,1-2H3. The summed E-state index contributed by atoms with van der Waals surface area (Å²) in [6.07, 6.45) is 1.05. The van der Waals surface area contributed by atoms with E-state index in [0.29, 0.717) is 12.5 Å². The number of nitrogens with zero attached hydrogens (tertiary/aromatic N) is 1. The molecular weight excluding hydrogens is 264 g/mol. The zero-order valence-corrected chi connectivity index (χ0v) is 13.0. The summed E-state index contributed by atoms with van der Waals surface area (Å²) in [6.45, 7) is 5.82. The molecule has 0 aromatic heterocycles. The van der Waals surface area contributed by atoms with Gasteiger partial charge in [-0.3, -0.25) is 4.79 Å². The highest BCUT2D eigenvalue weighted by molar-refractivity contribution is 5.79. The van der Waals surface area contributed by atoms with Crippen LogP contribution in [0, 0.1) is 11.8 Å².